The Morgan fingerprint density at radius 3 is 2.07 bits per heavy atom. The van der Waals surface area contributed by atoms with Crippen LogP contribution in [0.25, 0.3) is 0 Å². The van der Waals surface area contributed by atoms with Gasteiger partial charge in [0.2, 0.25) is 0 Å². The second-order valence-electron chi connectivity index (χ2n) is 2.22. The van der Waals surface area contributed by atoms with Crippen LogP contribution in [0, 0.1) is 0 Å². The van der Waals surface area contributed by atoms with Crippen molar-refractivity contribution in [3.8, 4) is 0 Å². The molecular formula is C9H13O6. The molecule has 0 aliphatic rings. The van der Waals surface area contributed by atoms with Crippen molar-refractivity contribution in [2.75, 3.05) is 6.61 Å². The lowest BCUT2D eigenvalue weighted by molar-refractivity contribution is -0.147. The average Bonchev–Trinajstić information content (AvgIpc) is 2.16. The van der Waals surface area contributed by atoms with Gasteiger partial charge in [-0.05, 0) is 6.92 Å². The van der Waals surface area contributed by atoms with Gasteiger partial charge in [0.1, 0.15) is 0 Å². The van der Waals surface area contributed by atoms with Crippen molar-refractivity contribution in [3.05, 3.63) is 12.7 Å². The molecule has 15 heavy (non-hydrogen) atoms. The van der Waals surface area contributed by atoms with Gasteiger partial charge in [-0.2, -0.15) is 0 Å². The molecule has 0 bridgehead atoms. The zero-order valence-electron chi connectivity index (χ0n) is 8.39. The molecule has 0 fully saturated rings. The maximum atomic E-state index is 10.5. The molecule has 85 valence electrons. The fourth-order valence-electron chi connectivity index (χ4n) is 0.442. The molecule has 1 N–H and O–H groups in total. The van der Waals surface area contributed by atoms with Gasteiger partial charge in [-0.3, -0.25) is 9.59 Å². The number of carbonyl (C=O) groups is 3. The van der Waals surface area contributed by atoms with E-state index in [1.807, 2.05) is 0 Å². The van der Waals surface area contributed by atoms with E-state index < -0.39 is 17.9 Å². The van der Waals surface area contributed by atoms with Gasteiger partial charge in [-0.25, -0.2) is 9.90 Å². The first-order chi connectivity index (χ1) is 6.93. The van der Waals surface area contributed by atoms with Gasteiger partial charge < -0.3 is 9.84 Å². The van der Waals surface area contributed by atoms with E-state index >= 15 is 0 Å². The summed E-state index contributed by atoms with van der Waals surface area (Å²) in [6, 6.07) is 0. The first-order valence-electron chi connectivity index (χ1n) is 4.14. The Bertz CT molecular complexity index is 233. The van der Waals surface area contributed by atoms with Crippen LogP contribution < -0.4 is 0 Å². The number of carboxylic acid groups (broad SMARTS) is 1. The summed E-state index contributed by atoms with van der Waals surface area (Å²) in [5, 5.41) is 17.3. The van der Waals surface area contributed by atoms with Crippen molar-refractivity contribution in [2.45, 2.75) is 19.8 Å². The number of ether oxygens (including phenoxy) is 1. The van der Waals surface area contributed by atoms with E-state index in [9.17, 15) is 9.59 Å². The summed E-state index contributed by atoms with van der Waals surface area (Å²) in [4.78, 5) is 29.5. The van der Waals surface area contributed by atoms with Crippen LogP contribution in [0.15, 0.2) is 12.7 Å². The van der Waals surface area contributed by atoms with E-state index in [1.165, 1.54) is 0 Å². The monoisotopic (exact) mass is 217 g/mol. The minimum absolute atomic E-state index is 0.0385. The van der Waals surface area contributed by atoms with Crippen molar-refractivity contribution in [1.29, 1.82) is 0 Å². The average molecular weight is 217 g/mol. The molecule has 6 heteroatoms. The minimum Gasteiger partial charge on any atom is -0.481 e. The van der Waals surface area contributed by atoms with Gasteiger partial charge in [0, 0.05) is 6.08 Å². The summed E-state index contributed by atoms with van der Waals surface area (Å²) < 4.78 is 4.49. The standard InChI is InChI=1S/C6H10O4.C3H3O2/c1-2-10-6(9)4-3-5(7)8;1-2-3(4)5/h2-4H2,1H3,(H,7,8);2H,1H2. The van der Waals surface area contributed by atoms with Crippen LogP contribution in [0.4, 0.5) is 0 Å². The Morgan fingerprint density at radius 1 is 1.33 bits per heavy atom. The third kappa shape index (κ3) is 18.8. The Hall–Kier alpha value is -1.85. The summed E-state index contributed by atoms with van der Waals surface area (Å²) in [7, 11) is 0. The first kappa shape index (κ1) is 15.6. The van der Waals surface area contributed by atoms with Gasteiger partial charge in [0.25, 0.3) is 0 Å². The van der Waals surface area contributed by atoms with E-state index in [0.717, 1.165) is 6.08 Å². The number of hydrogen-bond donors (Lipinski definition) is 1. The Labute approximate surface area is 87.2 Å². The summed E-state index contributed by atoms with van der Waals surface area (Å²) >= 11 is 0. The van der Waals surface area contributed by atoms with Crippen molar-refractivity contribution in [2.24, 2.45) is 0 Å². The Balaban J connectivity index is 0. The lowest BCUT2D eigenvalue weighted by Crippen LogP contribution is -2.06. The molecular weight excluding hydrogens is 204 g/mol. The number of carboxylic acids is 1. The van der Waals surface area contributed by atoms with Gasteiger partial charge in [-0.1, -0.05) is 6.58 Å². The highest BCUT2D eigenvalue weighted by molar-refractivity contribution is 5.78. The van der Waals surface area contributed by atoms with E-state index in [1.54, 1.807) is 6.92 Å². The molecule has 0 unspecified atom stereocenters. The van der Waals surface area contributed by atoms with E-state index in [2.05, 4.69) is 11.3 Å². The molecule has 0 heterocycles. The quantitative estimate of drug-likeness (QED) is 0.535. The first-order valence-corrected chi connectivity index (χ1v) is 4.14. The summed E-state index contributed by atoms with van der Waals surface area (Å²) in [6.45, 7) is 4.88. The smallest absolute Gasteiger partial charge is 0.378 e. The van der Waals surface area contributed by atoms with Gasteiger partial charge in [-0.15, -0.1) is 0 Å². The normalized spacial score (nSPS) is 8.07. The zero-order chi connectivity index (χ0) is 12.3. The van der Waals surface area contributed by atoms with Crippen LogP contribution in [0.1, 0.15) is 19.8 Å². The maximum Gasteiger partial charge on any atom is 0.378 e. The van der Waals surface area contributed by atoms with E-state index in [4.69, 9.17) is 15.0 Å². The number of hydrogen-bond acceptors (Lipinski definition) is 4. The lowest BCUT2D eigenvalue weighted by atomic mass is 10.3. The molecule has 0 atom stereocenters. The summed E-state index contributed by atoms with van der Waals surface area (Å²) in [5.41, 5.74) is 0. The molecule has 0 saturated carbocycles. The minimum atomic E-state index is -1.23. The second-order valence-corrected chi connectivity index (χ2v) is 2.22. The van der Waals surface area contributed by atoms with Crippen molar-refractivity contribution < 1.29 is 29.3 Å². The van der Waals surface area contributed by atoms with Crippen molar-refractivity contribution in [3.63, 3.8) is 0 Å². The number of aliphatic carboxylic acids is 1. The summed E-state index contributed by atoms with van der Waals surface area (Å²) in [6.07, 6.45) is 0.530. The van der Waals surface area contributed by atoms with Gasteiger partial charge >= 0.3 is 17.9 Å². The van der Waals surface area contributed by atoms with E-state index in [-0.39, 0.29) is 12.8 Å². The molecule has 0 saturated heterocycles. The van der Waals surface area contributed by atoms with Crippen molar-refractivity contribution >= 4 is 17.9 Å². The maximum absolute atomic E-state index is 10.5. The Kier molecular flexibility index (Phi) is 10.7. The topological polar surface area (TPSA) is 101 Å². The van der Waals surface area contributed by atoms with Crippen molar-refractivity contribution in [1.82, 2.24) is 0 Å². The SMILES string of the molecule is C=CC([O])=O.CCOC(=O)CCC(=O)O. The third-order valence-corrected chi connectivity index (χ3v) is 1.01. The number of carbonyl (C=O) groups excluding carboxylic acids is 2. The highest BCUT2D eigenvalue weighted by atomic mass is 16.5. The molecule has 0 aromatic heterocycles. The largest absolute Gasteiger partial charge is 0.481 e. The molecule has 1 radical (unpaired) electrons. The molecule has 0 aromatic rings. The van der Waals surface area contributed by atoms with Crippen LogP contribution in [0.2, 0.25) is 0 Å². The third-order valence-electron chi connectivity index (χ3n) is 1.01. The fourth-order valence-corrected chi connectivity index (χ4v) is 0.442. The number of esters is 1. The van der Waals surface area contributed by atoms with Crippen LogP contribution in [-0.2, 0) is 24.2 Å². The predicted molar refractivity (Wildman–Crippen MR) is 49.4 cm³/mol. The van der Waals surface area contributed by atoms with Crippen LogP contribution >= 0.6 is 0 Å². The molecule has 0 rings (SSSR count). The molecule has 0 aliphatic heterocycles. The molecule has 0 aliphatic carbocycles. The highest BCUT2D eigenvalue weighted by Crippen LogP contribution is 1.91. The van der Waals surface area contributed by atoms with Crippen LogP contribution in [0.5, 0.6) is 0 Å². The van der Waals surface area contributed by atoms with Crippen LogP contribution in [-0.4, -0.2) is 29.6 Å². The van der Waals surface area contributed by atoms with Gasteiger partial charge in [0.05, 0.1) is 19.4 Å². The molecule has 0 spiro atoms. The highest BCUT2D eigenvalue weighted by Gasteiger charge is 2.04. The predicted octanol–water partition coefficient (Wildman–Crippen LogP) is 0.544. The summed E-state index contributed by atoms with van der Waals surface area (Å²) in [5.74, 6) is -2.66. The number of rotatable bonds is 5. The molecule has 0 amide bonds. The molecule has 0 aromatic carbocycles. The lowest BCUT2D eigenvalue weighted by Gasteiger charge is -1.97. The fraction of sp³-hybridized carbons (Fsp3) is 0.444. The zero-order valence-corrected chi connectivity index (χ0v) is 8.39. The second kappa shape index (κ2) is 10.2. The van der Waals surface area contributed by atoms with Gasteiger partial charge in [0.15, 0.2) is 0 Å². The van der Waals surface area contributed by atoms with Crippen LogP contribution in [0.3, 0.4) is 0 Å². The Morgan fingerprint density at radius 2 is 1.80 bits per heavy atom. The van der Waals surface area contributed by atoms with E-state index in [0.29, 0.717) is 6.61 Å². The molecule has 6 nitrogen and oxygen atoms in total.